The maximum absolute atomic E-state index is 13.2. The Hall–Kier alpha value is -1.46. The van der Waals surface area contributed by atoms with E-state index in [1.807, 2.05) is 5.38 Å². The Labute approximate surface area is 102 Å². The minimum absolute atomic E-state index is 0.133. The van der Waals surface area contributed by atoms with Crippen LogP contribution in [0, 0.1) is 5.82 Å². The second-order valence-corrected chi connectivity index (χ2v) is 4.76. The van der Waals surface area contributed by atoms with Crippen molar-refractivity contribution in [3.8, 4) is 5.75 Å². The molecule has 5 heteroatoms. The number of halogens is 1. The number of fused-ring (bicyclic) bond motifs is 1. The highest BCUT2D eigenvalue weighted by Crippen LogP contribution is 2.39. The summed E-state index contributed by atoms with van der Waals surface area (Å²) in [7, 11) is 0. The van der Waals surface area contributed by atoms with Crippen molar-refractivity contribution in [3.63, 3.8) is 0 Å². The lowest BCUT2D eigenvalue weighted by molar-refractivity contribution is 0.157. The van der Waals surface area contributed by atoms with Crippen molar-refractivity contribution in [3.05, 3.63) is 46.2 Å². The fourth-order valence-electron chi connectivity index (χ4n) is 2.04. The van der Waals surface area contributed by atoms with Crippen molar-refractivity contribution in [2.45, 2.75) is 18.6 Å². The van der Waals surface area contributed by atoms with E-state index in [2.05, 4.69) is 4.98 Å². The zero-order chi connectivity index (χ0) is 11.8. The largest absolute Gasteiger partial charge is 0.484 e. The van der Waals surface area contributed by atoms with Crippen molar-refractivity contribution in [1.82, 2.24) is 4.98 Å². The highest BCUT2D eigenvalue weighted by molar-refractivity contribution is 7.07. The maximum atomic E-state index is 13.2. The van der Waals surface area contributed by atoms with Gasteiger partial charge in [0.05, 0.1) is 11.2 Å². The molecule has 0 spiro atoms. The van der Waals surface area contributed by atoms with Gasteiger partial charge in [-0.05, 0) is 6.07 Å². The molecular formula is C12H11FN2OS. The molecule has 1 aliphatic rings. The number of thiazole rings is 1. The van der Waals surface area contributed by atoms with Crippen LogP contribution in [-0.4, -0.2) is 4.98 Å². The van der Waals surface area contributed by atoms with Gasteiger partial charge in [0, 0.05) is 29.5 Å². The van der Waals surface area contributed by atoms with Crippen LogP contribution in [0.4, 0.5) is 4.39 Å². The molecule has 0 radical (unpaired) electrons. The Morgan fingerprint density at radius 3 is 3.12 bits per heavy atom. The SMILES string of the molecule is N[C@H]1CC(c2cscn2)Oc2cc(F)ccc21. The lowest BCUT2D eigenvalue weighted by Crippen LogP contribution is -2.24. The number of nitrogens with two attached hydrogens (primary N) is 1. The van der Waals surface area contributed by atoms with Crippen molar-refractivity contribution >= 4 is 11.3 Å². The summed E-state index contributed by atoms with van der Waals surface area (Å²) in [6.45, 7) is 0. The molecule has 2 aromatic rings. The zero-order valence-corrected chi connectivity index (χ0v) is 9.78. The normalized spacial score (nSPS) is 22.9. The van der Waals surface area contributed by atoms with E-state index in [9.17, 15) is 4.39 Å². The van der Waals surface area contributed by atoms with E-state index < -0.39 is 0 Å². The van der Waals surface area contributed by atoms with Gasteiger partial charge >= 0.3 is 0 Å². The first-order valence-electron chi connectivity index (χ1n) is 5.34. The van der Waals surface area contributed by atoms with E-state index in [4.69, 9.17) is 10.5 Å². The molecule has 1 aromatic heterocycles. The van der Waals surface area contributed by atoms with Gasteiger partial charge in [-0.15, -0.1) is 11.3 Å². The number of aromatic nitrogens is 1. The van der Waals surface area contributed by atoms with E-state index in [-0.39, 0.29) is 18.0 Å². The van der Waals surface area contributed by atoms with Crippen LogP contribution in [0.25, 0.3) is 0 Å². The minimum Gasteiger partial charge on any atom is -0.484 e. The Bertz CT molecular complexity index is 529. The molecule has 0 bridgehead atoms. The molecule has 2 heterocycles. The van der Waals surface area contributed by atoms with E-state index in [1.54, 1.807) is 11.6 Å². The molecule has 1 aromatic carbocycles. The van der Waals surface area contributed by atoms with Gasteiger partial charge in [-0.2, -0.15) is 0 Å². The highest BCUT2D eigenvalue weighted by atomic mass is 32.1. The molecule has 0 saturated carbocycles. The summed E-state index contributed by atoms with van der Waals surface area (Å²) in [4.78, 5) is 4.21. The second-order valence-electron chi connectivity index (χ2n) is 4.04. The Kier molecular flexibility index (Phi) is 2.57. The van der Waals surface area contributed by atoms with Crippen molar-refractivity contribution in [2.24, 2.45) is 5.73 Å². The van der Waals surface area contributed by atoms with E-state index >= 15 is 0 Å². The van der Waals surface area contributed by atoms with Crippen LogP contribution in [0.5, 0.6) is 5.75 Å². The predicted octanol–water partition coefficient (Wildman–Crippen LogP) is 2.81. The molecule has 0 aliphatic carbocycles. The summed E-state index contributed by atoms with van der Waals surface area (Å²) in [5, 5.41) is 1.93. The molecule has 0 amide bonds. The summed E-state index contributed by atoms with van der Waals surface area (Å²) in [6, 6.07) is 4.34. The topological polar surface area (TPSA) is 48.1 Å². The van der Waals surface area contributed by atoms with Crippen LogP contribution >= 0.6 is 11.3 Å². The van der Waals surface area contributed by atoms with Crippen LogP contribution in [0.15, 0.2) is 29.1 Å². The van der Waals surface area contributed by atoms with Crippen molar-refractivity contribution < 1.29 is 9.13 Å². The quantitative estimate of drug-likeness (QED) is 0.846. The number of rotatable bonds is 1. The van der Waals surface area contributed by atoms with E-state index in [0.717, 1.165) is 11.3 Å². The van der Waals surface area contributed by atoms with Crippen molar-refractivity contribution in [2.75, 3.05) is 0 Å². The average molecular weight is 250 g/mol. The Balaban J connectivity index is 1.97. The molecule has 3 nitrogen and oxygen atoms in total. The van der Waals surface area contributed by atoms with Crippen LogP contribution in [0.1, 0.15) is 29.8 Å². The number of hydrogen-bond acceptors (Lipinski definition) is 4. The Morgan fingerprint density at radius 1 is 1.47 bits per heavy atom. The third-order valence-electron chi connectivity index (χ3n) is 2.89. The molecule has 3 rings (SSSR count). The van der Waals surface area contributed by atoms with Gasteiger partial charge in [-0.25, -0.2) is 9.37 Å². The van der Waals surface area contributed by atoms with Gasteiger partial charge in [0.25, 0.3) is 0 Å². The maximum Gasteiger partial charge on any atom is 0.143 e. The predicted molar refractivity (Wildman–Crippen MR) is 63.4 cm³/mol. The molecule has 1 aliphatic heterocycles. The monoisotopic (exact) mass is 250 g/mol. The van der Waals surface area contributed by atoms with E-state index in [0.29, 0.717) is 12.2 Å². The third kappa shape index (κ3) is 1.92. The smallest absolute Gasteiger partial charge is 0.143 e. The number of hydrogen-bond donors (Lipinski definition) is 1. The molecule has 88 valence electrons. The van der Waals surface area contributed by atoms with Gasteiger partial charge in [0.15, 0.2) is 0 Å². The summed E-state index contributed by atoms with van der Waals surface area (Å²) >= 11 is 1.51. The first-order valence-corrected chi connectivity index (χ1v) is 6.28. The first kappa shape index (κ1) is 10.7. The van der Waals surface area contributed by atoms with Gasteiger partial charge in [-0.1, -0.05) is 6.07 Å². The number of benzene rings is 1. The molecular weight excluding hydrogens is 239 g/mol. The van der Waals surface area contributed by atoms with Gasteiger partial charge in [0.1, 0.15) is 17.7 Å². The molecule has 0 saturated heterocycles. The molecule has 2 N–H and O–H groups in total. The fourth-order valence-corrected chi connectivity index (χ4v) is 2.63. The third-order valence-corrected chi connectivity index (χ3v) is 3.50. The summed E-state index contributed by atoms with van der Waals surface area (Å²) in [6.07, 6.45) is 0.494. The molecule has 17 heavy (non-hydrogen) atoms. The van der Waals surface area contributed by atoms with E-state index in [1.165, 1.54) is 23.5 Å². The van der Waals surface area contributed by atoms with Crippen LogP contribution < -0.4 is 10.5 Å². The van der Waals surface area contributed by atoms with Gasteiger partial charge < -0.3 is 10.5 Å². The lowest BCUT2D eigenvalue weighted by atomic mass is 9.96. The summed E-state index contributed by atoms with van der Waals surface area (Å²) in [5.74, 6) is 0.219. The van der Waals surface area contributed by atoms with Crippen LogP contribution in [-0.2, 0) is 0 Å². The zero-order valence-electron chi connectivity index (χ0n) is 8.97. The van der Waals surface area contributed by atoms with Crippen molar-refractivity contribution in [1.29, 1.82) is 0 Å². The molecule has 2 atom stereocenters. The number of ether oxygens (including phenoxy) is 1. The van der Waals surface area contributed by atoms with Gasteiger partial charge in [0.2, 0.25) is 0 Å². The summed E-state index contributed by atoms with van der Waals surface area (Å²) in [5.41, 5.74) is 9.54. The van der Waals surface area contributed by atoms with Gasteiger partial charge in [-0.3, -0.25) is 0 Å². The summed E-state index contributed by atoms with van der Waals surface area (Å²) < 4.78 is 18.9. The minimum atomic E-state index is -0.310. The Morgan fingerprint density at radius 2 is 2.35 bits per heavy atom. The average Bonchev–Trinajstić information content (AvgIpc) is 2.81. The first-order chi connectivity index (χ1) is 8.24. The van der Waals surface area contributed by atoms with Crippen LogP contribution in [0.3, 0.4) is 0 Å². The van der Waals surface area contributed by atoms with Crippen LogP contribution in [0.2, 0.25) is 0 Å². The highest BCUT2D eigenvalue weighted by Gasteiger charge is 2.28. The molecule has 1 unspecified atom stereocenters. The number of nitrogens with zero attached hydrogens (tertiary/aromatic N) is 1. The lowest BCUT2D eigenvalue weighted by Gasteiger charge is -2.29. The second kappa shape index (κ2) is 4.09. The standard InChI is InChI=1S/C12H11FN2OS/c13-7-1-2-8-9(14)4-12(16-11(8)3-7)10-5-17-6-15-10/h1-3,5-6,9,12H,4,14H2/t9-,12?/m0/s1. The molecule has 0 fully saturated rings. The fraction of sp³-hybridized carbons (Fsp3) is 0.250.